The summed E-state index contributed by atoms with van der Waals surface area (Å²) in [7, 11) is 0. The number of nitrogens with zero attached hydrogens (tertiary/aromatic N) is 5. The number of aromatic amines is 2. The van der Waals surface area contributed by atoms with Gasteiger partial charge in [0.1, 0.15) is 11.5 Å². The fourth-order valence-electron chi connectivity index (χ4n) is 5.02. The van der Waals surface area contributed by atoms with Crippen LogP contribution in [0.4, 0.5) is 17.6 Å². The van der Waals surface area contributed by atoms with Gasteiger partial charge in [0, 0.05) is 48.5 Å². The van der Waals surface area contributed by atoms with E-state index in [9.17, 15) is 0 Å². The second-order valence-corrected chi connectivity index (χ2v) is 8.52. The summed E-state index contributed by atoms with van der Waals surface area (Å²) < 4.78 is 0. The number of fused-ring (bicyclic) bond motifs is 3. The van der Waals surface area contributed by atoms with Crippen LogP contribution in [0.5, 0.6) is 0 Å². The van der Waals surface area contributed by atoms with E-state index in [1.54, 1.807) is 0 Å². The minimum absolute atomic E-state index is 0.342. The number of hydrogen-bond donors (Lipinski definition) is 4. The Labute approximate surface area is 175 Å². The van der Waals surface area contributed by atoms with Crippen molar-refractivity contribution < 1.29 is 0 Å². The highest BCUT2D eigenvalue weighted by atomic mass is 15.3. The molecule has 4 N–H and O–H groups in total. The number of rotatable bonds is 6. The van der Waals surface area contributed by atoms with Gasteiger partial charge in [0.2, 0.25) is 5.95 Å². The molecule has 30 heavy (non-hydrogen) atoms. The molecule has 2 aliphatic rings. The van der Waals surface area contributed by atoms with Crippen molar-refractivity contribution in [2.75, 3.05) is 17.2 Å². The fraction of sp³-hybridized carbons (Fsp3) is 0.524. The summed E-state index contributed by atoms with van der Waals surface area (Å²) >= 11 is 0. The van der Waals surface area contributed by atoms with E-state index in [0.29, 0.717) is 30.5 Å². The number of nitrogens with one attached hydrogen (secondary N) is 4. The van der Waals surface area contributed by atoms with E-state index >= 15 is 0 Å². The molecule has 9 heteroatoms. The summed E-state index contributed by atoms with van der Waals surface area (Å²) in [6.07, 6.45) is 5.17. The Bertz CT molecular complexity index is 1080. The highest BCUT2D eigenvalue weighted by Crippen LogP contribution is 2.37. The molecule has 0 spiro atoms. The lowest BCUT2D eigenvalue weighted by molar-refractivity contribution is 0.135. The molecule has 5 rings (SSSR count). The lowest BCUT2D eigenvalue weighted by atomic mass is 9.97. The van der Waals surface area contributed by atoms with E-state index in [1.165, 1.54) is 12.8 Å². The minimum Gasteiger partial charge on any atom is -0.351 e. The van der Waals surface area contributed by atoms with E-state index in [0.717, 1.165) is 53.4 Å². The van der Waals surface area contributed by atoms with Gasteiger partial charge in [0.15, 0.2) is 5.82 Å². The van der Waals surface area contributed by atoms with Gasteiger partial charge in [-0.15, -0.1) is 0 Å². The van der Waals surface area contributed by atoms with Gasteiger partial charge in [0.05, 0.1) is 11.5 Å². The highest BCUT2D eigenvalue weighted by Gasteiger charge is 2.40. The van der Waals surface area contributed by atoms with Crippen molar-refractivity contribution in [1.82, 2.24) is 30.0 Å². The van der Waals surface area contributed by atoms with Gasteiger partial charge in [-0.1, -0.05) is 0 Å². The maximum Gasteiger partial charge on any atom is 0.226 e. The second kappa shape index (κ2) is 7.61. The predicted octanol–water partition coefficient (Wildman–Crippen LogP) is 3.36. The molecular formula is C21H27N9. The summed E-state index contributed by atoms with van der Waals surface area (Å²) in [6, 6.07) is 7.74. The standard InChI is InChI=1S/C21H27N9/c1-12-8-17-19(23-12)26-21(27-20(17)25-18-9-13(2)28-29-18)24-14-10-15-4-5-16(11-14)30(15)7-3-6-22/h8-9,14-16H,3-5,7,10-11H2,1-2H3,(H4,23,24,25,26,27,28,29)/t14-,15-,16?/m0/s1. The van der Waals surface area contributed by atoms with Crippen molar-refractivity contribution in [3.8, 4) is 6.07 Å². The Morgan fingerprint density at radius 2 is 1.97 bits per heavy atom. The molecule has 3 aromatic rings. The summed E-state index contributed by atoms with van der Waals surface area (Å²) in [6.45, 7) is 4.88. The number of anilines is 3. The van der Waals surface area contributed by atoms with Crippen molar-refractivity contribution in [2.24, 2.45) is 0 Å². The SMILES string of the molecule is Cc1cc(Nc2nc(N[C@@H]3CC4CC[C@@H](C3)N4CCC#N)nc3[nH]c(C)cc23)n[nH]1. The molecule has 2 fully saturated rings. The topological polar surface area (TPSA) is 121 Å². The maximum absolute atomic E-state index is 8.94. The Balaban J connectivity index is 1.37. The van der Waals surface area contributed by atoms with Crippen LogP contribution in [-0.4, -0.2) is 54.7 Å². The molecule has 0 aromatic carbocycles. The van der Waals surface area contributed by atoms with Crippen molar-refractivity contribution in [1.29, 1.82) is 5.26 Å². The Morgan fingerprint density at radius 1 is 1.17 bits per heavy atom. The number of aromatic nitrogens is 5. The summed E-state index contributed by atoms with van der Waals surface area (Å²) in [5.74, 6) is 2.11. The quantitative estimate of drug-likeness (QED) is 0.496. The summed E-state index contributed by atoms with van der Waals surface area (Å²) in [4.78, 5) is 15.4. The van der Waals surface area contributed by atoms with E-state index < -0.39 is 0 Å². The molecule has 0 aliphatic carbocycles. The Morgan fingerprint density at radius 3 is 2.67 bits per heavy atom. The van der Waals surface area contributed by atoms with Gasteiger partial charge >= 0.3 is 0 Å². The van der Waals surface area contributed by atoms with Crippen LogP contribution in [0.2, 0.25) is 0 Å². The molecule has 3 atom stereocenters. The average molecular weight is 406 g/mol. The number of hydrogen-bond acceptors (Lipinski definition) is 7. The lowest BCUT2D eigenvalue weighted by Crippen LogP contribution is -2.47. The van der Waals surface area contributed by atoms with E-state index in [-0.39, 0.29) is 0 Å². The fourth-order valence-corrected chi connectivity index (χ4v) is 5.02. The van der Waals surface area contributed by atoms with Crippen LogP contribution in [0.3, 0.4) is 0 Å². The van der Waals surface area contributed by atoms with Crippen molar-refractivity contribution in [2.45, 2.75) is 64.1 Å². The smallest absolute Gasteiger partial charge is 0.226 e. The summed E-state index contributed by atoms with van der Waals surface area (Å²) in [5.41, 5.74) is 2.85. The molecule has 0 radical (unpaired) electrons. The Kier molecular flexibility index (Phi) is 4.79. The molecular weight excluding hydrogens is 378 g/mol. The first-order valence-electron chi connectivity index (χ1n) is 10.6. The van der Waals surface area contributed by atoms with Crippen LogP contribution in [-0.2, 0) is 0 Å². The Hall–Kier alpha value is -3.12. The van der Waals surface area contributed by atoms with Gasteiger partial charge in [-0.3, -0.25) is 10.00 Å². The molecule has 9 nitrogen and oxygen atoms in total. The first-order chi connectivity index (χ1) is 14.6. The number of H-pyrrole nitrogens is 2. The summed E-state index contributed by atoms with van der Waals surface area (Å²) in [5, 5.41) is 24.0. The first-order valence-corrected chi connectivity index (χ1v) is 10.6. The van der Waals surface area contributed by atoms with Gasteiger partial charge in [-0.25, -0.2) is 0 Å². The van der Waals surface area contributed by atoms with Crippen LogP contribution >= 0.6 is 0 Å². The van der Waals surface area contributed by atoms with Gasteiger partial charge in [-0.05, 0) is 45.6 Å². The normalized spacial score (nSPS) is 23.6. The number of piperidine rings is 1. The highest BCUT2D eigenvalue weighted by molar-refractivity contribution is 5.90. The minimum atomic E-state index is 0.342. The molecule has 2 bridgehead atoms. The van der Waals surface area contributed by atoms with Gasteiger partial charge in [0.25, 0.3) is 0 Å². The largest absolute Gasteiger partial charge is 0.351 e. The zero-order chi connectivity index (χ0) is 20.7. The van der Waals surface area contributed by atoms with E-state index in [4.69, 9.17) is 15.2 Å². The third-order valence-corrected chi connectivity index (χ3v) is 6.27. The maximum atomic E-state index is 8.94. The second-order valence-electron chi connectivity index (χ2n) is 8.52. The predicted molar refractivity (Wildman–Crippen MR) is 116 cm³/mol. The van der Waals surface area contributed by atoms with Gasteiger partial charge < -0.3 is 15.6 Å². The van der Waals surface area contributed by atoms with Crippen LogP contribution in [0.1, 0.15) is 43.5 Å². The molecule has 156 valence electrons. The third-order valence-electron chi connectivity index (χ3n) is 6.27. The molecule has 0 saturated carbocycles. The average Bonchev–Trinajstić information content (AvgIpc) is 3.35. The van der Waals surface area contributed by atoms with E-state index in [1.807, 2.05) is 19.9 Å². The monoisotopic (exact) mass is 405 g/mol. The molecule has 2 aliphatic heterocycles. The van der Waals surface area contributed by atoms with Crippen LogP contribution in [0.25, 0.3) is 11.0 Å². The van der Waals surface area contributed by atoms with Crippen LogP contribution in [0, 0.1) is 25.2 Å². The van der Waals surface area contributed by atoms with Crippen molar-refractivity contribution in [3.05, 3.63) is 23.5 Å². The van der Waals surface area contributed by atoms with Crippen LogP contribution in [0.15, 0.2) is 12.1 Å². The first kappa shape index (κ1) is 18.9. The number of aryl methyl sites for hydroxylation is 2. The molecule has 5 heterocycles. The van der Waals surface area contributed by atoms with Crippen molar-refractivity contribution in [3.63, 3.8) is 0 Å². The third kappa shape index (κ3) is 3.59. The van der Waals surface area contributed by atoms with Crippen molar-refractivity contribution >= 4 is 28.6 Å². The molecule has 3 aromatic heterocycles. The van der Waals surface area contributed by atoms with E-state index in [2.05, 4.69) is 42.9 Å². The zero-order valence-corrected chi connectivity index (χ0v) is 17.4. The van der Waals surface area contributed by atoms with Crippen LogP contribution < -0.4 is 10.6 Å². The molecule has 1 unspecified atom stereocenters. The molecule has 2 saturated heterocycles. The lowest BCUT2D eigenvalue weighted by Gasteiger charge is -2.38. The molecule has 0 amide bonds. The zero-order valence-electron chi connectivity index (χ0n) is 17.4. The number of nitriles is 1. The van der Waals surface area contributed by atoms with Gasteiger partial charge in [-0.2, -0.15) is 20.3 Å².